The number of halogens is 3. The fourth-order valence-corrected chi connectivity index (χ4v) is 1.78. The molecule has 1 aromatic carbocycles. The molecule has 2 rings (SSSR count). The molecule has 1 aromatic heterocycles. The first kappa shape index (κ1) is 11.9. The summed E-state index contributed by atoms with van der Waals surface area (Å²) in [6.45, 7) is 1.73. The van der Waals surface area contributed by atoms with Gasteiger partial charge in [-0.05, 0) is 24.6 Å². The van der Waals surface area contributed by atoms with Crippen molar-refractivity contribution in [1.29, 1.82) is 0 Å². The number of rotatable bonds is 1. The molecule has 0 saturated heterocycles. The average Bonchev–Trinajstić information content (AvgIpc) is 2.55. The molecular weight excluding hydrogens is 231 g/mol. The topological polar surface area (TPSA) is 43.8 Å². The number of alkyl halides is 3. The Hall–Kier alpha value is -1.56. The van der Waals surface area contributed by atoms with Gasteiger partial charge in [0.1, 0.15) is 0 Å². The summed E-state index contributed by atoms with van der Waals surface area (Å²) in [6.07, 6.45) is -4.45. The highest BCUT2D eigenvalue weighted by molar-refractivity contribution is 5.83. The third-order valence-electron chi connectivity index (χ3n) is 2.67. The van der Waals surface area contributed by atoms with Crippen molar-refractivity contribution < 1.29 is 13.2 Å². The maximum absolute atomic E-state index is 12.8. The summed E-state index contributed by atoms with van der Waals surface area (Å²) in [5.74, 6) is 0. The molecule has 0 aliphatic rings. The van der Waals surface area contributed by atoms with Crippen molar-refractivity contribution in [3.05, 3.63) is 29.5 Å². The Morgan fingerprint density at radius 1 is 1.35 bits per heavy atom. The number of nitrogens with two attached hydrogens (primary N) is 1. The van der Waals surface area contributed by atoms with Gasteiger partial charge in [0.2, 0.25) is 0 Å². The van der Waals surface area contributed by atoms with E-state index in [-0.39, 0.29) is 11.4 Å². The van der Waals surface area contributed by atoms with Crippen molar-refractivity contribution in [1.82, 2.24) is 9.78 Å². The molecule has 0 bridgehead atoms. The molecule has 0 aliphatic carbocycles. The van der Waals surface area contributed by atoms with Gasteiger partial charge in [0.25, 0.3) is 0 Å². The van der Waals surface area contributed by atoms with E-state index in [1.807, 2.05) is 0 Å². The summed E-state index contributed by atoms with van der Waals surface area (Å²) in [7, 11) is 1.49. The van der Waals surface area contributed by atoms with Crippen LogP contribution in [0.5, 0.6) is 0 Å². The molecule has 1 heterocycles. The minimum absolute atomic E-state index is 0.0924. The van der Waals surface area contributed by atoms with E-state index < -0.39 is 11.9 Å². The van der Waals surface area contributed by atoms with Crippen molar-refractivity contribution in [2.45, 2.75) is 19.1 Å². The van der Waals surface area contributed by atoms with E-state index in [4.69, 9.17) is 5.73 Å². The van der Waals surface area contributed by atoms with E-state index in [2.05, 4.69) is 5.10 Å². The normalized spacial score (nSPS) is 14.2. The molecule has 17 heavy (non-hydrogen) atoms. The number of benzene rings is 1. The second-order valence-corrected chi connectivity index (χ2v) is 4.04. The second kappa shape index (κ2) is 3.73. The van der Waals surface area contributed by atoms with E-state index in [1.54, 1.807) is 19.1 Å². The molecular formula is C11H12F3N3. The van der Waals surface area contributed by atoms with Gasteiger partial charge in [-0.15, -0.1) is 0 Å². The fourth-order valence-electron chi connectivity index (χ4n) is 1.78. The van der Waals surface area contributed by atoms with E-state index in [1.165, 1.54) is 17.8 Å². The number of hydrogen-bond acceptors (Lipinski definition) is 2. The Labute approximate surface area is 96.0 Å². The highest BCUT2D eigenvalue weighted by atomic mass is 19.4. The lowest BCUT2D eigenvalue weighted by molar-refractivity contribution is -0.140. The third kappa shape index (κ3) is 2.00. The number of hydrogen-bond donors (Lipinski definition) is 1. The summed E-state index contributed by atoms with van der Waals surface area (Å²) >= 11 is 0. The molecule has 0 saturated carbocycles. The van der Waals surface area contributed by atoms with Gasteiger partial charge in [-0.25, -0.2) is 0 Å². The lowest BCUT2D eigenvalue weighted by atomic mass is 10.1. The monoisotopic (exact) mass is 243 g/mol. The Balaban J connectivity index is 2.73. The molecule has 0 radical (unpaired) electrons. The van der Waals surface area contributed by atoms with Crippen LogP contribution in [0.25, 0.3) is 10.9 Å². The van der Waals surface area contributed by atoms with Crippen LogP contribution in [0.3, 0.4) is 0 Å². The predicted molar refractivity (Wildman–Crippen MR) is 58.3 cm³/mol. The third-order valence-corrected chi connectivity index (χ3v) is 2.67. The van der Waals surface area contributed by atoms with Crippen LogP contribution in [0.1, 0.15) is 24.2 Å². The smallest absolute Gasteiger partial charge is 0.324 e. The molecule has 0 spiro atoms. The first-order valence-corrected chi connectivity index (χ1v) is 5.10. The minimum atomic E-state index is -4.45. The Morgan fingerprint density at radius 2 is 2.00 bits per heavy atom. The number of aromatic nitrogens is 2. The summed E-state index contributed by atoms with van der Waals surface area (Å²) in [4.78, 5) is 0. The second-order valence-electron chi connectivity index (χ2n) is 4.04. The predicted octanol–water partition coefficient (Wildman–Crippen LogP) is 2.61. The van der Waals surface area contributed by atoms with E-state index >= 15 is 0 Å². The van der Waals surface area contributed by atoms with Gasteiger partial charge in [-0.3, -0.25) is 4.68 Å². The lowest BCUT2D eigenvalue weighted by Crippen LogP contribution is -2.08. The van der Waals surface area contributed by atoms with Crippen molar-refractivity contribution in [2.24, 2.45) is 12.8 Å². The van der Waals surface area contributed by atoms with Crippen LogP contribution in [0.2, 0.25) is 0 Å². The summed E-state index contributed by atoms with van der Waals surface area (Å²) in [6, 6.07) is 4.47. The van der Waals surface area contributed by atoms with E-state index in [9.17, 15) is 13.2 Å². The zero-order valence-corrected chi connectivity index (χ0v) is 9.42. The van der Waals surface area contributed by atoms with Crippen LogP contribution in [0.4, 0.5) is 13.2 Å². The highest BCUT2D eigenvalue weighted by Gasteiger charge is 2.36. The molecule has 2 N–H and O–H groups in total. The molecule has 0 amide bonds. The van der Waals surface area contributed by atoms with Crippen LogP contribution < -0.4 is 5.73 Å². The van der Waals surface area contributed by atoms with Crippen molar-refractivity contribution in [2.75, 3.05) is 0 Å². The first-order chi connectivity index (χ1) is 7.80. The minimum Gasteiger partial charge on any atom is -0.324 e. The van der Waals surface area contributed by atoms with Crippen LogP contribution in [0, 0.1) is 0 Å². The van der Waals surface area contributed by atoms with Crippen LogP contribution in [0.15, 0.2) is 18.2 Å². The number of aryl methyl sites for hydroxylation is 1. The van der Waals surface area contributed by atoms with Gasteiger partial charge in [-0.1, -0.05) is 6.07 Å². The van der Waals surface area contributed by atoms with Crippen LogP contribution in [-0.4, -0.2) is 9.78 Å². The van der Waals surface area contributed by atoms with Crippen LogP contribution >= 0.6 is 0 Å². The standard InChI is InChI=1S/C11H12F3N3/c1-6(15)7-3-4-9-8(5-7)10(11(12,13)14)16-17(9)2/h3-6H,15H2,1-2H3. The lowest BCUT2D eigenvalue weighted by Gasteiger charge is -2.06. The molecule has 3 nitrogen and oxygen atoms in total. The van der Waals surface area contributed by atoms with Crippen molar-refractivity contribution in [3.63, 3.8) is 0 Å². The SMILES string of the molecule is CC(N)c1ccc2c(c1)c(C(F)(F)F)nn2C. The molecule has 1 unspecified atom stereocenters. The highest BCUT2D eigenvalue weighted by Crippen LogP contribution is 2.34. The maximum atomic E-state index is 12.8. The summed E-state index contributed by atoms with van der Waals surface area (Å²) < 4.78 is 39.5. The molecule has 6 heteroatoms. The van der Waals surface area contributed by atoms with Crippen molar-refractivity contribution in [3.8, 4) is 0 Å². The number of fused-ring (bicyclic) bond motifs is 1. The van der Waals surface area contributed by atoms with Gasteiger partial charge < -0.3 is 5.73 Å². The average molecular weight is 243 g/mol. The van der Waals surface area contributed by atoms with Gasteiger partial charge in [0, 0.05) is 18.5 Å². The Morgan fingerprint density at radius 3 is 2.53 bits per heavy atom. The molecule has 1 atom stereocenters. The van der Waals surface area contributed by atoms with Gasteiger partial charge >= 0.3 is 6.18 Å². The van der Waals surface area contributed by atoms with Crippen LogP contribution in [-0.2, 0) is 13.2 Å². The summed E-state index contributed by atoms with van der Waals surface area (Å²) in [5.41, 5.74) is 5.91. The first-order valence-electron chi connectivity index (χ1n) is 5.10. The van der Waals surface area contributed by atoms with Crippen molar-refractivity contribution >= 4 is 10.9 Å². The Kier molecular flexibility index (Phi) is 2.61. The Bertz CT molecular complexity index is 555. The zero-order valence-electron chi connectivity index (χ0n) is 9.42. The number of nitrogens with zero attached hydrogens (tertiary/aromatic N) is 2. The van der Waals surface area contributed by atoms with Gasteiger partial charge in [0.05, 0.1) is 5.52 Å². The zero-order chi connectivity index (χ0) is 12.8. The van der Waals surface area contributed by atoms with E-state index in [0.29, 0.717) is 11.1 Å². The summed E-state index contributed by atoms with van der Waals surface area (Å²) in [5, 5.41) is 3.60. The molecule has 0 aliphatic heterocycles. The molecule has 92 valence electrons. The maximum Gasteiger partial charge on any atom is 0.435 e. The molecule has 0 fully saturated rings. The fraction of sp³-hybridized carbons (Fsp3) is 0.364. The van der Waals surface area contributed by atoms with Gasteiger partial charge in [0.15, 0.2) is 5.69 Å². The quantitative estimate of drug-likeness (QED) is 0.836. The van der Waals surface area contributed by atoms with Gasteiger partial charge in [-0.2, -0.15) is 18.3 Å². The van der Waals surface area contributed by atoms with E-state index in [0.717, 1.165) is 0 Å². The largest absolute Gasteiger partial charge is 0.435 e. The molecule has 2 aromatic rings.